The molecule has 1 fully saturated rings. The maximum atomic E-state index is 10.3. The van der Waals surface area contributed by atoms with Crippen molar-refractivity contribution in [1.29, 1.82) is 0 Å². The fourth-order valence-electron chi connectivity index (χ4n) is 4.45. The van der Waals surface area contributed by atoms with Crippen LogP contribution in [0, 0.1) is 0 Å². The molecule has 0 saturated heterocycles. The molecule has 0 radical (unpaired) electrons. The summed E-state index contributed by atoms with van der Waals surface area (Å²) < 4.78 is 0. The van der Waals surface area contributed by atoms with Crippen molar-refractivity contribution < 1.29 is 5.11 Å². The van der Waals surface area contributed by atoms with Crippen molar-refractivity contribution in [2.24, 2.45) is 0 Å². The molecule has 0 atom stereocenters. The fraction of sp³-hybridized carbons (Fsp3) is 0.583. The monoisotopic (exact) mass is 394 g/mol. The predicted molar refractivity (Wildman–Crippen MR) is 118 cm³/mol. The van der Waals surface area contributed by atoms with Gasteiger partial charge in [0.2, 0.25) is 5.95 Å². The first-order valence-corrected chi connectivity index (χ1v) is 11.2. The summed E-state index contributed by atoms with van der Waals surface area (Å²) in [5, 5.41) is 13.9. The first kappa shape index (κ1) is 20.1. The normalized spacial score (nSPS) is 17.9. The highest BCUT2D eigenvalue weighted by atomic mass is 16.3. The molecule has 0 amide bonds. The lowest BCUT2D eigenvalue weighted by atomic mass is 9.91. The summed E-state index contributed by atoms with van der Waals surface area (Å²) in [4.78, 5) is 12.0. The van der Waals surface area contributed by atoms with E-state index in [1.165, 1.54) is 43.2 Å². The summed E-state index contributed by atoms with van der Waals surface area (Å²) in [5.74, 6) is 1.81. The molecule has 1 aromatic heterocycles. The maximum absolute atomic E-state index is 10.3. The van der Waals surface area contributed by atoms with Crippen LogP contribution in [0.3, 0.4) is 0 Å². The highest BCUT2D eigenvalue weighted by Gasteiger charge is 2.23. The number of hydrogen-bond acceptors (Lipinski definition) is 5. The maximum Gasteiger partial charge on any atom is 0.225 e. The molecule has 156 valence electrons. The van der Waals surface area contributed by atoms with E-state index in [1.54, 1.807) is 0 Å². The van der Waals surface area contributed by atoms with Crippen LogP contribution in [0.1, 0.15) is 75.3 Å². The third kappa shape index (κ3) is 4.72. The van der Waals surface area contributed by atoms with Gasteiger partial charge in [0.25, 0.3) is 0 Å². The Bertz CT molecular complexity index is 852. The summed E-state index contributed by atoms with van der Waals surface area (Å²) >= 11 is 0. The van der Waals surface area contributed by atoms with Crippen LogP contribution in [0.4, 0.5) is 11.8 Å². The molecule has 2 aliphatic rings. The molecule has 1 aliphatic carbocycles. The van der Waals surface area contributed by atoms with Gasteiger partial charge in [0.15, 0.2) is 0 Å². The summed E-state index contributed by atoms with van der Waals surface area (Å²) in [7, 11) is 0. The van der Waals surface area contributed by atoms with Crippen molar-refractivity contribution in [1.82, 2.24) is 9.97 Å². The topological polar surface area (TPSA) is 61.3 Å². The molecule has 5 heteroatoms. The van der Waals surface area contributed by atoms with Crippen LogP contribution in [-0.4, -0.2) is 27.7 Å². The van der Waals surface area contributed by atoms with Crippen molar-refractivity contribution in [2.45, 2.75) is 83.9 Å². The Labute approximate surface area is 174 Å². The smallest absolute Gasteiger partial charge is 0.225 e. The van der Waals surface area contributed by atoms with Gasteiger partial charge < -0.3 is 15.3 Å². The van der Waals surface area contributed by atoms with E-state index < -0.39 is 5.60 Å². The number of rotatable bonds is 5. The molecule has 1 aromatic carbocycles. The van der Waals surface area contributed by atoms with Crippen LogP contribution in [0.5, 0.6) is 0 Å². The van der Waals surface area contributed by atoms with Gasteiger partial charge in [0.05, 0.1) is 5.60 Å². The largest absolute Gasteiger partial charge is 0.386 e. The average molecular weight is 395 g/mol. The lowest BCUT2D eigenvalue weighted by molar-refractivity contribution is 0.0785. The van der Waals surface area contributed by atoms with Crippen molar-refractivity contribution in [3.63, 3.8) is 0 Å². The molecular weight excluding hydrogens is 360 g/mol. The second-order valence-corrected chi connectivity index (χ2v) is 9.09. The molecule has 1 saturated carbocycles. The number of nitrogens with zero attached hydrogens (tertiary/aromatic N) is 3. The van der Waals surface area contributed by atoms with E-state index in [-0.39, 0.29) is 0 Å². The summed E-state index contributed by atoms with van der Waals surface area (Å²) in [6.07, 6.45) is 8.26. The zero-order valence-corrected chi connectivity index (χ0v) is 18.0. The Hall–Kier alpha value is -2.14. The van der Waals surface area contributed by atoms with Gasteiger partial charge in [-0.2, -0.15) is 4.98 Å². The van der Waals surface area contributed by atoms with Crippen LogP contribution in [0.2, 0.25) is 0 Å². The third-order valence-electron chi connectivity index (χ3n) is 6.32. The first-order chi connectivity index (χ1) is 13.9. The Balaban J connectivity index is 1.54. The summed E-state index contributed by atoms with van der Waals surface area (Å²) in [6.45, 7) is 7.63. The minimum atomic E-state index is -0.797. The van der Waals surface area contributed by atoms with Gasteiger partial charge in [-0.3, -0.25) is 0 Å². The predicted octanol–water partition coefficient (Wildman–Crippen LogP) is 4.57. The fourth-order valence-corrected chi connectivity index (χ4v) is 4.45. The molecule has 2 N–H and O–H groups in total. The molecular formula is C24H34N4O. The number of fused-ring (bicyclic) bond motifs is 1. The van der Waals surface area contributed by atoms with Gasteiger partial charge >= 0.3 is 0 Å². The van der Waals surface area contributed by atoms with Crippen molar-refractivity contribution in [2.75, 3.05) is 16.8 Å². The van der Waals surface area contributed by atoms with Crippen molar-refractivity contribution in [3.05, 3.63) is 46.6 Å². The number of anilines is 2. The second-order valence-electron chi connectivity index (χ2n) is 9.09. The summed E-state index contributed by atoms with van der Waals surface area (Å²) in [6, 6.07) is 9.03. The van der Waals surface area contributed by atoms with E-state index >= 15 is 0 Å². The molecule has 5 nitrogen and oxygen atoms in total. The van der Waals surface area contributed by atoms with Gasteiger partial charge in [-0.1, -0.05) is 44.4 Å². The highest BCUT2D eigenvalue weighted by molar-refractivity contribution is 5.49. The van der Waals surface area contributed by atoms with Gasteiger partial charge in [-0.15, -0.1) is 0 Å². The number of nitrogens with one attached hydrogen (secondary N) is 1. The minimum Gasteiger partial charge on any atom is -0.386 e. The molecule has 29 heavy (non-hydrogen) atoms. The highest BCUT2D eigenvalue weighted by Crippen LogP contribution is 2.29. The van der Waals surface area contributed by atoms with Crippen LogP contribution < -0.4 is 10.2 Å². The molecule has 0 bridgehead atoms. The van der Waals surface area contributed by atoms with Gasteiger partial charge in [0, 0.05) is 30.9 Å². The lowest BCUT2D eigenvalue weighted by Gasteiger charge is -2.31. The SMILES string of the molecule is CCc1cc(N2CCc3cc(C(C)(C)O)ccc3C2)nc(NC2CCCCC2)n1. The lowest BCUT2D eigenvalue weighted by Crippen LogP contribution is -2.32. The number of aryl methyl sites for hydroxylation is 1. The van der Waals surface area contributed by atoms with E-state index in [4.69, 9.17) is 9.97 Å². The third-order valence-corrected chi connectivity index (χ3v) is 6.32. The van der Waals surface area contributed by atoms with E-state index in [9.17, 15) is 5.11 Å². The number of aliphatic hydroxyl groups is 1. The van der Waals surface area contributed by atoms with E-state index in [2.05, 4.69) is 41.4 Å². The number of hydrogen-bond donors (Lipinski definition) is 2. The molecule has 0 unspecified atom stereocenters. The second kappa shape index (κ2) is 8.31. The van der Waals surface area contributed by atoms with Crippen LogP contribution in [0.15, 0.2) is 24.3 Å². The quantitative estimate of drug-likeness (QED) is 0.778. The molecule has 4 rings (SSSR count). The Morgan fingerprint density at radius 3 is 2.62 bits per heavy atom. The van der Waals surface area contributed by atoms with E-state index in [1.807, 2.05) is 13.8 Å². The Morgan fingerprint density at radius 1 is 1.10 bits per heavy atom. The zero-order chi connectivity index (χ0) is 20.4. The Morgan fingerprint density at radius 2 is 1.90 bits per heavy atom. The van der Waals surface area contributed by atoms with Crippen LogP contribution >= 0.6 is 0 Å². The standard InChI is InChI=1S/C24H34N4O/c1-4-20-15-22(27-23(25-20)26-21-8-6-5-7-9-21)28-13-12-17-14-19(24(2,3)29)11-10-18(17)16-28/h10-11,14-15,21,29H,4-9,12-13,16H2,1-3H3,(H,25,26,27). The van der Waals surface area contributed by atoms with Crippen LogP contribution in [0.25, 0.3) is 0 Å². The van der Waals surface area contributed by atoms with Crippen molar-refractivity contribution in [3.8, 4) is 0 Å². The minimum absolute atomic E-state index is 0.506. The number of benzene rings is 1. The molecule has 2 aromatic rings. The van der Waals surface area contributed by atoms with Gasteiger partial charge in [0.1, 0.15) is 5.82 Å². The molecule has 2 heterocycles. The molecule has 1 aliphatic heterocycles. The first-order valence-electron chi connectivity index (χ1n) is 11.2. The number of aromatic nitrogens is 2. The zero-order valence-electron chi connectivity index (χ0n) is 18.0. The van der Waals surface area contributed by atoms with Gasteiger partial charge in [-0.25, -0.2) is 4.98 Å². The van der Waals surface area contributed by atoms with Gasteiger partial charge in [-0.05, 0) is 56.2 Å². The Kier molecular flexibility index (Phi) is 5.77. The van der Waals surface area contributed by atoms with E-state index in [0.717, 1.165) is 49.0 Å². The molecule has 0 spiro atoms. The average Bonchev–Trinajstić information content (AvgIpc) is 2.72. The van der Waals surface area contributed by atoms with Crippen molar-refractivity contribution >= 4 is 11.8 Å². The van der Waals surface area contributed by atoms with Crippen LogP contribution in [-0.2, 0) is 25.0 Å². The summed E-state index contributed by atoms with van der Waals surface area (Å²) in [5.41, 5.74) is 3.94. The van der Waals surface area contributed by atoms with E-state index in [0.29, 0.717) is 6.04 Å².